The summed E-state index contributed by atoms with van der Waals surface area (Å²) < 4.78 is 5.15. The minimum Gasteiger partial charge on any atom is -0.393 e. The maximum absolute atomic E-state index is 9.36. The van der Waals surface area contributed by atoms with Gasteiger partial charge in [-0.1, -0.05) is 0 Å². The van der Waals surface area contributed by atoms with Crippen molar-refractivity contribution in [2.45, 2.75) is 38.4 Å². The van der Waals surface area contributed by atoms with Gasteiger partial charge in [0.2, 0.25) is 0 Å². The van der Waals surface area contributed by atoms with Crippen molar-refractivity contribution in [3.8, 4) is 0 Å². The second-order valence-corrected chi connectivity index (χ2v) is 3.40. The molecule has 0 spiro atoms. The molecule has 1 atom stereocenters. The molecule has 0 rings (SSSR count). The summed E-state index contributed by atoms with van der Waals surface area (Å²) in [4.78, 5) is 0. The van der Waals surface area contributed by atoms with Crippen LogP contribution >= 0.6 is 0 Å². The molecule has 0 saturated heterocycles. The van der Waals surface area contributed by atoms with Gasteiger partial charge in [-0.2, -0.15) is 0 Å². The van der Waals surface area contributed by atoms with E-state index in [-0.39, 0.29) is 11.7 Å². The van der Waals surface area contributed by atoms with Gasteiger partial charge in [0.25, 0.3) is 0 Å². The van der Waals surface area contributed by atoms with Crippen LogP contribution in [-0.4, -0.2) is 30.5 Å². The molecule has 0 aromatic rings. The minimum absolute atomic E-state index is 0.241. The fraction of sp³-hybridized carbons (Fsp3) is 1.00. The Labute approximate surface area is 68.5 Å². The van der Waals surface area contributed by atoms with Gasteiger partial charge in [-0.15, -0.1) is 0 Å². The molecular weight excluding hydrogens is 142 g/mol. The molecule has 3 nitrogen and oxygen atoms in total. The number of hydrogen-bond acceptors (Lipinski definition) is 3. The van der Waals surface area contributed by atoms with E-state index in [2.05, 4.69) is 0 Å². The van der Waals surface area contributed by atoms with Crippen molar-refractivity contribution in [1.82, 2.24) is 0 Å². The lowest BCUT2D eigenvalue weighted by molar-refractivity contribution is -0.0204. The first kappa shape index (κ1) is 10.9. The molecule has 0 bridgehead atoms. The minimum atomic E-state index is -0.338. The van der Waals surface area contributed by atoms with Crippen molar-refractivity contribution in [1.29, 1.82) is 0 Å². The first-order valence-electron chi connectivity index (χ1n) is 3.95. The van der Waals surface area contributed by atoms with Crippen LogP contribution in [0.1, 0.15) is 26.7 Å². The summed E-state index contributed by atoms with van der Waals surface area (Å²) in [6.07, 6.45) is 0.947. The van der Waals surface area contributed by atoms with Crippen LogP contribution in [0.15, 0.2) is 0 Å². The van der Waals surface area contributed by atoms with E-state index in [9.17, 15) is 5.11 Å². The quantitative estimate of drug-likeness (QED) is 0.617. The van der Waals surface area contributed by atoms with Gasteiger partial charge < -0.3 is 15.6 Å². The average Bonchev–Trinajstić information content (AvgIpc) is 1.87. The number of nitrogens with two attached hydrogens (primary N) is 1. The highest BCUT2D eigenvalue weighted by atomic mass is 16.5. The molecule has 0 aliphatic carbocycles. The third kappa shape index (κ3) is 5.18. The van der Waals surface area contributed by atoms with Crippen molar-refractivity contribution in [3.63, 3.8) is 0 Å². The molecule has 0 fully saturated rings. The molecule has 3 N–H and O–H groups in total. The number of ether oxygens (including phenoxy) is 1. The summed E-state index contributed by atoms with van der Waals surface area (Å²) in [5, 5.41) is 9.36. The van der Waals surface area contributed by atoms with E-state index in [4.69, 9.17) is 10.5 Å². The Morgan fingerprint density at radius 3 is 2.45 bits per heavy atom. The molecule has 0 aliphatic heterocycles. The summed E-state index contributed by atoms with van der Waals surface area (Å²) in [5.41, 5.74) is 5.05. The maximum Gasteiger partial charge on any atom is 0.0647 e. The molecular formula is C8H19NO2. The largest absolute Gasteiger partial charge is 0.393 e. The van der Waals surface area contributed by atoms with Crippen LogP contribution < -0.4 is 5.73 Å². The second kappa shape index (κ2) is 4.70. The van der Waals surface area contributed by atoms with E-state index in [0.29, 0.717) is 19.4 Å². The summed E-state index contributed by atoms with van der Waals surface area (Å²) in [6.45, 7) is 4.43. The first-order chi connectivity index (χ1) is 5.02. The third-order valence-electron chi connectivity index (χ3n) is 1.78. The second-order valence-electron chi connectivity index (χ2n) is 3.40. The summed E-state index contributed by atoms with van der Waals surface area (Å²) in [5.74, 6) is 0. The Balaban J connectivity index is 3.64. The molecule has 0 aromatic carbocycles. The van der Waals surface area contributed by atoms with Gasteiger partial charge in [-0.25, -0.2) is 0 Å². The topological polar surface area (TPSA) is 55.5 Å². The van der Waals surface area contributed by atoms with E-state index >= 15 is 0 Å². The van der Waals surface area contributed by atoms with E-state index in [1.807, 2.05) is 13.8 Å². The molecule has 0 aromatic heterocycles. The van der Waals surface area contributed by atoms with Crippen molar-refractivity contribution in [2.75, 3.05) is 13.7 Å². The molecule has 0 saturated carbocycles. The predicted molar refractivity (Wildman–Crippen MR) is 45.4 cm³/mol. The zero-order valence-corrected chi connectivity index (χ0v) is 7.63. The van der Waals surface area contributed by atoms with Crippen LogP contribution in [0.4, 0.5) is 0 Å². The number of aliphatic hydroxyl groups excluding tert-OH is 1. The Morgan fingerprint density at radius 2 is 2.09 bits per heavy atom. The Kier molecular flexibility index (Phi) is 4.65. The highest BCUT2D eigenvalue weighted by Crippen LogP contribution is 2.16. The van der Waals surface area contributed by atoms with Crippen LogP contribution in [0.5, 0.6) is 0 Å². The van der Waals surface area contributed by atoms with E-state index in [0.717, 1.165) is 0 Å². The van der Waals surface area contributed by atoms with Crippen molar-refractivity contribution in [3.05, 3.63) is 0 Å². The van der Waals surface area contributed by atoms with Crippen LogP contribution in [0.25, 0.3) is 0 Å². The first-order valence-corrected chi connectivity index (χ1v) is 3.95. The number of hydrogen-bond donors (Lipinski definition) is 2. The predicted octanol–water partition coefficient (Wildman–Crippen LogP) is 0.511. The lowest BCUT2D eigenvalue weighted by Crippen LogP contribution is -2.29. The summed E-state index contributed by atoms with van der Waals surface area (Å²) >= 11 is 0. The van der Waals surface area contributed by atoms with E-state index in [1.54, 1.807) is 7.11 Å². The Hall–Kier alpha value is -0.120. The molecule has 11 heavy (non-hydrogen) atoms. The molecule has 0 radical (unpaired) electrons. The zero-order chi connectivity index (χ0) is 8.91. The normalized spacial score (nSPS) is 15.0. The lowest BCUT2D eigenvalue weighted by atomic mass is 9.99. The van der Waals surface area contributed by atoms with Crippen LogP contribution in [0.3, 0.4) is 0 Å². The van der Waals surface area contributed by atoms with Gasteiger partial charge in [0.1, 0.15) is 0 Å². The fourth-order valence-corrected chi connectivity index (χ4v) is 0.945. The average molecular weight is 161 g/mol. The highest BCUT2D eigenvalue weighted by Gasteiger charge is 2.20. The van der Waals surface area contributed by atoms with Crippen LogP contribution in [0, 0.1) is 0 Å². The molecule has 0 amide bonds. The zero-order valence-electron chi connectivity index (χ0n) is 7.63. The number of rotatable bonds is 5. The van der Waals surface area contributed by atoms with Gasteiger partial charge in [0, 0.05) is 13.5 Å². The molecule has 0 heterocycles. The van der Waals surface area contributed by atoms with Gasteiger partial charge in [-0.3, -0.25) is 0 Å². The van der Waals surface area contributed by atoms with Gasteiger partial charge >= 0.3 is 0 Å². The maximum atomic E-state index is 9.36. The van der Waals surface area contributed by atoms with Crippen LogP contribution in [0.2, 0.25) is 0 Å². The number of methoxy groups -OCH3 is 1. The van der Waals surface area contributed by atoms with E-state index < -0.39 is 0 Å². The lowest BCUT2D eigenvalue weighted by Gasteiger charge is -2.25. The van der Waals surface area contributed by atoms with Crippen molar-refractivity contribution < 1.29 is 9.84 Å². The smallest absolute Gasteiger partial charge is 0.0647 e. The SMILES string of the molecule is COC(C)(C)C[C@H](O)CCN. The van der Waals surface area contributed by atoms with Crippen LogP contribution in [-0.2, 0) is 4.74 Å². The molecule has 0 unspecified atom stereocenters. The molecule has 3 heteroatoms. The molecule has 68 valence electrons. The fourth-order valence-electron chi connectivity index (χ4n) is 0.945. The monoisotopic (exact) mass is 161 g/mol. The van der Waals surface area contributed by atoms with Crippen molar-refractivity contribution >= 4 is 0 Å². The standard InChI is InChI=1S/C8H19NO2/c1-8(2,11-3)6-7(10)4-5-9/h7,10H,4-6,9H2,1-3H3/t7-/m1/s1. The van der Waals surface area contributed by atoms with Gasteiger partial charge in [0.05, 0.1) is 11.7 Å². The molecule has 0 aliphatic rings. The van der Waals surface area contributed by atoms with Gasteiger partial charge in [0.15, 0.2) is 0 Å². The Morgan fingerprint density at radius 1 is 1.55 bits per heavy atom. The highest BCUT2D eigenvalue weighted by molar-refractivity contribution is 4.72. The van der Waals surface area contributed by atoms with E-state index in [1.165, 1.54) is 0 Å². The Bertz CT molecular complexity index is 104. The van der Waals surface area contributed by atoms with Gasteiger partial charge in [-0.05, 0) is 26.8 Å². The summed E-state index contributed by atoms with van der Waals surface area (Å²) in [6, 6.07) is 0. The third-order valence-corrected chi connectivity index (χ3v) is 1.78. The summed E-state index contributed by atoms with van der Waals surface area (Å²) in [7, 11) is 1.65. The number of aliphatic hydroxyl groups is 1. The van der Waals surface area contributed by atoms with Crippen molar-refractivity contribution in [2.24, 2.45) is 5.73 Å².